The van der Waals surface area contributed by atoms with Gasteiger partial charge in [0.1, 0.15) is 10.7 Å². The van der Waals surface area contributed by atoms with E-state index in [0.29, 0.717) is 18.8 Å². The van der Waals surface area contributed by atoms with Crippen LogP contribution in [-0.4, -0.2) is 14.5 Å². The molecule has 0 aliphatic carbocycles. The molecule has 0 spiro atoms. The van der Waals surface area contributed by atoms with Gasteiger partial charge in [-0.1, -0.05) is 72.3 Å². The zero-order valence-corrected chi connectivity index (χ0v) is 19.3. The predicted molar refractivity (Wildman–Crippen MR) is 127 cm³/mol. The highest BCUT2D eigenvalue weighted by Crippen LogP contribution is 2.33. The van der Waals surface area contributed by atoms with Gasteiger partial charge in [-0.05, 0) is 25.0 Å². The van der Waals surface area contributed by atoms with Gasteiger partial charge in [0, 0.05) is 25.2 Å². The van der Waals surface area contributed by atoms with Crippen LogP contribution in [0, 0.1) is 0 Å². The number of nitrogens with zero attached hydrogens (tertiary/aromatic N) is 4. The van der Waals surface area contributed by atoms with Gasteiger partial charge in [-0.2, -0.15) is 13.2 Å². The number of benzene rings is 2. The van der Waals surface area contributed by atoms with Crippen molar-refractivity contribution in [1.29, 1.82) is 0 Å². The van der Waals surface area contributed by atoms with E-state index < -0.39 is 23.5 Å². The summed E-state index contributed by atoms with van der Waals surface area (Å²) in [5.41, 5.74) is -0.464. The molecule has 0 unspecified atom stereocenters. The first-order chi connectivity index (χ1) is 16.1. The molecule has 0 saturated carbocycles. The van der Waals surface area contributed by atoms with Crippen LogP contribution in [0.1, 0.15) is 36.7 Å². The summed E-state index contributed by atoms with van der Waals surface area (Å²) < 4.78 is 42.4. The van der Waals surface area contributed by atoms with Crippen LogP contribution in [0.2, 0.25) is 5.15 Å². The molecule has 0 saturated heterocycles. The molecule has 4 rings (SSSR count). The first-order valence-corrected chi connectivity index (χ1v) is 11.1. The van der Waals surface area contributed by atoms with Crippen molar-refractivity contribution in [1.82, 2.24) is 14.5 Å². The molecular weight excluding hydrogens is 465 g/mol. The van der Waals surface area contributed by atoms with Gasteiger partial charge in [0.2, 0.25) is 5.69 Å². The third-order valence-corrected chi connectivity index (χ3v) is 5.55. The molecule has 176 valence electrons. The Balaban J connectivity index is 1.99. The molecule has 0 aliphatic rings. The van der Waals surface area contributed by atoms with Gasteiger partial charge in [-0.15, -0.1) is 0 Å². The van der Waals surface area contributed by atoms with Crippen LogP contribution in [0.5, 0.6) is 0 Å². The normalized spacial score (nSPS) is 11.9. The van der Waals surface area contributed by atoms with Crippen molar-refractivity contribution >= 4 is 28.5 Å². The van der Waals surface area contributed by atoms with E-state index in [9.17, 15) is 18.0 Å². The minimum absolute atomic E-state index is 0.0154. The summed E-state index contributed by atoms with van der Waals surface area (Å²) in [7, 11) is 0. The second-order valence-corrected chi connectivity index (χ2v) is 8.58. The molecule has 2 heterocycles. The van der Waals surface area contributed by atoms with Crippen LogP contribution < -0.4 is 10.5 Å². The van der Waals surface area contributed by atoms with E-state index >= 15 is 0 Å². The highest BCUT2D eigenvalue weighted by atomic mass is 35.5. The van der Waals surface area contributed by atoms with Crippen LogP contribution in [-0.2, 0) is 19.3 Å². The number of fused-ring (bicyclic) bond motifs is 1. The van der Waals surface area contributed by atoms with Crippen molar-refractivity contribution in [2.45, 2.75) is 39.2 Å². The molecule has 0 amide bonds. The summed E-state index contributed by atoms with van der Waals surface area (Å²) in [6.45, 7) is 4.01. The Labute approximate surface area is 199 Å². The fourth-order valence-electron chi connectivity index (χ4n) is 3.87. The number of pyridine rings is 1. The standard InChI is InChI=1S/C25H22ClF3N4O/c1-16(2)33-23-21(31-22(24(33)34)25(27,28)29)19(13-20(26)30-23)32(14-17-9-5-3-6-10-17)15-18-11-7-4-8-12-18/h3-13,16H,14-15H2,1-2H3. The number of halogens is 4. The van der Waals surface area contributed by atoms with Gasteiger partial charge in [-0.25, -0.2) is 9.97 Å². The molecule has 0 N–H and O–H groups in total. The summed E-state index contributed by atoms with van der Waals surface area (Å²) in [6.07, 6.45) is -4.91. The molecule has 0 aliphatic heterocycles. The van der Waals surface area contributed by atoms with Crippen molar-refractivity contribution in [3.8, 4) is 0 Å². The highest BCUT2D eigenvalue weighted by molar-refractivity contribution is 6.30. The summed E-state index contributed by atoms with van der Waals surface area (Å²) in [5, 5.41) is 0.0592. The van der Waals surface area contributed by atoms with E-state index in [1.54, 1.807) is 13.8 Å². The van der Waals surface area contributed by atoms with E-state index in [4.69, 9.17) is 11.6 Å². The Bertz CT molecular complexity index is 1310. The maximum absolute atomic E-state index is 13.8. The van der Waals surface area contributed by atoms with Crippen LogP contribution >= 0.6 is 11.6 Å². The average molecular weight is 487 g/mol. The molecule has 2 aromatic heterocycles. The van der Waals surface area contributed by atoms with Crippen LogP contribution in [0.15, 0.2) is 71.5 Å². The lowest BCUT2D eigenvalue weighted by Gasteiger charge is -2.27. The van der Waals surface area contributed by atoms with Gasteiger partial charge in [0.15, 0.2) is 5.65 Å². The minimum atomic E-state index is -4.91. The van der Waals surface area contributed by atoms with Gasteiger partial charge < -0.3 is 4.90 Å². The lowest BCUT2D eigenvalue weighted by Crippen LogP contribution is -2.33. The van der Waals surface area contributed by atoms with Crippen LogP contribution in [0.3, 0.4) is 0 Å². The van der Waals surface area contributed by atoms with E-state index in [2.05, 4.69) is 9.97 Å². The second-order valence-electron chi connectivity index (χ2n) is 8.19. The maximum Gasteiger partial charge on any atom is 0.438 e. The van der Waals surface area contributed by atoms with Crippen LogP contribution in [0.25, 0.3) is 11.2 Å². The molecule has 0 fully saturated rings. The number of anilines is 1. The summed E-state index contributed by atoms with van der Waals surface area (Å²) in [5.74, 6) is 0. The Hall–Kier alpha value is -3.39. The van der Waals surface area contributed by atoms with Crippen molar-refractivity contribution in [3.63, 3.8) is 0 Å². The number of hydrogen-bond acceptors (Lipinski definition) is 4. The average Bonchev–Trinajstić information content (AvgIpc) is 2.78. The quantitative estimate of drug-likeness (QED) is 0.302. The monoisotopic (exact) mass is 486 g/mol. The molecule has 0 atom stereocenters. The topological polar surface area (TPSA) is 51.0 Å². The summed E-state index contributed by atoms with van der Waals surface area (Å²) in [4.78, 5) is 22.6. The number of aromatic nitrogens is 3. The number of rotatable bonds is 6. The fraction of sp³-hybridized carbons (Fsp3) is 0.240. The molecule has 2 aromatic carbocycles. The first kappa shape index (κ1) is 23.8. The number of hydrogen-bond donors (Lipinski definition) is 0. The third-order valence-electron chi connectivity index (χ3n) is 5.35. The highest BCUT2D eigenvalue weighted by Gasteiger charge is 2.38. The Morgan fingerprint density at radius 1 is 0.941 bits per heavy atom. The molecule has 4 aromatic rings. The minimum Gasteiger partial charge on any atom is -0.361 e. The Kier molecular flexibility index (Phi) is 6.61. The van der Waals surface area contributed by atoms with Gasteiger partial charge in [-0.3, -0.25) is 9.36 Å². The molecule has 5 nitrogen and oxygen atoms in total. The zero-order chi connectivity index (χ0) is 24.5. The van der Waals surface area contributed by atoms with E-state index in [0.717, 1.165) is 15.7 Å². The summed E-state index contributed by atoms with van der Waals surface area (Å²) in [6, 6.07) is 20.0. The Morgan fingerprint density at radius 3 is 1.94 bits per heavy atom. The van der Waals surface area contributed by atoms with Gasteiger partial charge in [0.25, 0.3) is 5.56 Å². The fourth-order valence-corrected chi connectivity index (χ4v) is 4.05. The van der Waals surface area contributed by atoms with Crippen molar-refractivity contribution in [3.05, 3.63) is 99.1 Å². The molecule has 0 radical (unpaired) electrons. The lowest BCUT2D eigenvalue weighted by atomic mass is 10.1. The predicted octanol–water partition coefficient (Wildman–Crippen LogP) is 6.25. The largest absolute Gasteiger partial charge is 0.438 e. The SMILES string of the molecule is CC(C)n1c(=O)c(C(F)(F)F)nc2c(N(Cc3ccccc3)Cc3ccccc3)cc(Cl)nc21. The second kappa shape index (κ2) is 9.46. The Morgan fingerprint density at radius 2 is 1.47 bits per heavy atom. The molecule has 9 heteroatoms. The smallest absolute Gasteiger partial charge is 0.361 e. The molecule has 0 bridgehead atoms. The maximum atomic E-state index is 13.8. The summed E-state index contributed by atoms with van der Waals surface area (Å²) >= 11 is 6.33. The van der Waals surface area contributed by atoms with Crippen molar-refractivity contribution in [2.24, 2.45) is 0 Å². The number of alkyl halides is 3. The van der Waals surface area contributed by atoms with Crippen LogP contribution in [0.4, 0.5) is 18.9 Å². The van der Waals surface area contributed by atoms with E-state index in [1.165, 1.54) is 6.07 Å². The van der Waals surface area contributed by atoms with Crippen molar-refractivity contribution in [2.75, 3.05) is 4.90 Å². The van der Waals surface area contributed by atoms with E-state index in [1.807, 2.05) is 65.6 Å². The van der Waals surface area contributed by atoms with Gasteiger partial charge >= 0.3 is 6.18 Å². The van der Waals surface area contributed by atoms with E-state index in [-0.39, 0.29) is 16.3 Å². The van der Waals surface area contributed by atoms with Gasteiger partial charge in [0.05, 0.1) is 5.69 Å². The lowest BCUT2D eigenvalue weighted by molar-refractivity contribution is -0.142. The third kappa shape index (κ3) is 4.92. The van der Waals surface area contributed by atoms with Crippen molar-refractivity contribution < 1.29 is 13.2 Å². The molecule has 34 heavy (non-hydrogen) atoms. The first-order valence-electron chi connectivity index (χ1n) is 10.7. The zero-order valence-electron chi connectivity index (χ0n) is 18.6. The molecular formula is C25H22ClF3N4O.